The molecule has 0 atom stereocenters. The third-order valence-corrected chi connectivity index (χ3v) is 6.12. The van der Waals surface area contributed by atoms with Gasteiger partial charge in [0.1, 0.15) is 5.69 Å². The molecule has 2 aliphatic rings. The van der Waals surface area contributed by atoms with Gasteiger partial charge in [-0.05, 0) is 56.4 Å². The third-order valence-electron chi connectivity index (χ3n) is 6.12. The van der Waals surface area contributed by atoms with Gasteiger partial charge in [-0.15, -0.1) is 0 Å². The van der Waals surface area contributed by atoms with Crippen molar-refractivity contribution < 1.29 is 4.79 Å². The van der Waals surface area contributed by atoms with Crippen molar-refractivity contribution in [1.29, 1.82) is 0 Å². The Labute approximate surface area is 159 Å². The SMILES string of the molecule is O=C(c1cc(-c2ccn(C3CCCC3)n2)n2ccccc12)N1CCCCC1. The number of hydrogen-bond donors (Lipinski definition) is 0. The quantitative estimate of drug-likeness (QED) is 0.686. The number of piperidine rings is 1. The molecule has 0 unspecified atom stereocenters. The van der Waals surface area contributed by atoms with Crippen molar-refractivity contribution >= 4 is 11.4 Å². The van der Waals surface area contributed by atoms with Crippen LogP contribution in [0.5, 0.6) is 0 Å². The summed E-state index contributed by atoms with van der Waals surface area (Å²) in [6.45, 7) is 1.74. The molecule has 5 nitrogen and oxygen atoms in total. The zero-order valence-corrected chi connectivity index (χ0v) is 15.7. The summed E-state index contributed by atoms with van der Waals surface area (Å²) in [5.74, 6) is 0.153. The largest absolute Gasteiger partial charge is 0.339 e. The summed E-state index contributed by atoms with van der Waals surface area (Å²) in [4.78, 5) is 15.2. The van der Waals surface area contributed by atoms with Gasteiger partial charge in [0.05, 0.1) is 22.8 Å². The molecule has 2 fully saturated rings. The molecule has 0 spiro atoms. The molecule has 0 N–H and O–H groups in total. The first-order chi connectivity index (χ1) is 13.3. The maximum absolute atomic E-state index is 13.2. The van der Waals surface area contributed by atoms with Crippen LogP contribution in [0.1, 0.15) is 61.3 Å². The van der Waals surface area contributed by atoms with Crippen molar-refractivity contribution in [3.63, 3.8) is 0 Å². The average Bonchev–Trinajstić information content (AvgIpc) is 3.46. The van der Waals surface area contributed by atoms with Crippen molar-refractivity contribution in [2.45, 2.75) is 51.0 Å². The van der Waals surface area contributed by atoms with Crippen LogP contribution in [0.3, 0.4) is 0 Å². The summed E-state index contributed by atoms with van der Waals surface area (Å²) in [5, 5.41) is 4.87. The normalized spacial score (nSPS) is 18.4. The van der Waals surface area contributed by atoms with Crippen LogP contribution in [-0.2, 0) is 0 Å². The molecule has 5 rings (SSSR count). The standard InChI is InChI=1S/C22H26N4O/c27-22(24-12-5-1-6-13-24)18-16-21(25-14-7-4-10-20(18)25)19-11-15-26(23-19)17-8-2-3-9-17/h4,7,10-11,14-17H,1-3,5-6,8-9,12-13H2. The van der Waals surface area contributed by atoms with Gasteiger partial charge in [-0.1, -0.05) is 18.9 Å². The average molecular weight is 362 g/mol. The Morgan fingerprint density at radius 3 is 2.59 bits per heavy atom. The van der Waals surface area contributed by atoms with Gasteiger partial charge in [-0.3, -0.25) is 9.48 Å². The lowest BCUT2D eigenvalue weighted by atomic mass is 10.1. The maximum atomic E-state index is 13.2. The topological polar surface area (TPSA) is 42.5 Å². The predicted octanol–water partition coefficient (Wildman–Crippen LogP) is 4.54. The Bertz CT molecular complexity index is 958. The minimum atomic E-state index is 0.153. The Morgan fingerprint density at radius 1 is 0.963 bits per heavy atom. The first-order valence-corrected chi connectivity index (χ1v) is 10.3. The highest BCUT2D eigenvalue weighted by Gasteiger charge is 2.24. The van der Waals surface area contributed by atoms with Crippen molar-refractivity contribution in [2.75, 3.05) is 13.1 Å². The van der Waals surface area contributed by atoms with Gasteiger partial charge >= 0.3 is 0 Å². The number of pyridine rings is 1. The molecule has 3 aromatic rings. The zero-order valence-electron chi connectivity index (χ0n) is 15.7. The summed E-state index contributed by atoms with van der Waals surface area (Å²) < 4.78 is 4.23. The lowest BCUT2D eigenvalue weighted by Gasteiger charge is -2.26. The Morgan fingerprint density at radius 2 is 1.78 bits per heavy atom. The molecule has 1 aliphatic carbocycles. The van der Waals surface area contributed by atoms with Crippen LogP contribution in [-0.4, -0.2) is 38.1 Å². The summed E-state index contributed by atoms with van der Waals surface area (Å²) >= 11 is 0. The lowest BCUT2D eigenvalue weighted by Crippen LogP contribution is -2.35. The summed E-state index contributed by atoms with van der Waals surface area (Å²) in [6.07, 6.45) is 12.6. The monoisotopic (exact) mass is 362 g/mol. The number of carbonyl (C=O) groups is 1. The van der Waals surface area contributed by atoms with E-state index in [1.807, 2.05) is 35.4 Å². The minimum Gasteiger partial charge on any atom is -0.339 e. The second kappa shape index (κ2) is 6.87. The van der Waals surface area contributed by atoms with E-state index in [-0.39, 0.29) is 5.91 Å². The second-order valence-corrected chi connectivity index (χ2v) is 7.87. The number of hydrogen-bond acceptors (Lipinski definition) is 2. The predicted molar refractivity (Wildman–Crippen MR) is 106 cm³/mol. The van der Waals surface area contributed by atoms with E-state index < -0.39 is 0 Å². The van der Waals surface area contributed by atoms with Crippen molar-refractivity contribution in [2.24, 2.45) is 0 Å². The van der Waals surface area contributed by atoms with Crippen LogP contribution >= 0.6 is 0 Å². The minimum absolute atomic E-state index is 0.153. The smallest absolute Gasteiger partial charge is 0.256 e. The Balaban J connectivity index is 1.54. The molecule has 0 bridgehead atoms. The number of fused-ring (bicyclic) bond motifs is 1. The van der Waals surface area contributed by atoms with Crippen molar-refractivity contribution in [3.8, 4) is 11.4 Å². The Hall–Kier alpha value is -2.56. The van der Waals surface area contributed by atoms with E-state index in [2.05, 4.69) is 21.3 Å². The number of aromatic nitrogens is 3. The summed E-state index contributed by atoms with van der Waals surface area (Å²) in [5.41, 5.74) is 3.71. The molecule has 0 radical (unpaired) electrons. The number of amides is 1. The molecule has 0 aromatic carbocycles. The highest BCUT2D eigenvalue weighted by atomic mass is 16.2. The molecule has 1 saturated carbocycles. The number of carbonyl (C=O) groups excluding carboxylic acids is 1. The molecule has 27 heavy (non-hydrogen) atoms. The first kappa shape index (κ1) is 16.6. The molecule has 1 saturated heterocycles. The maximum Gasteiger partial charge on any atom is 0.256 e. The van der Waals surface area contributed by atoms with E-state index in [0.717, 1.165) is 48.4 Å². The van der Waals surface area contributed by atoms with Crippen LogP contribution in [0, 0.1) is 0 Å². The number of rotatable bonds is 3. The number of likely N-dealkylation sites (tertiary alicyclic amines) is 1. The van der Waals surface area contributed by atoms with Crippen LogP contribution in [0.25, 0.3) is 16.9 Å². The fourth-order valence-corrected chi connectivity index (χ4v) is 4.64. The van der Waals surface area contributed by atoms with Gasteiger partial charge in [0, 0.05) is 25.5 Å². The molecule has 4 heterocycles. The van der Waals surface area contributed by atoms with Crippen molar-refractivity contribution in [1.82, 2.24) is 19.1 Å². The molecule has 1 amide bonds. The second-order valence-electron chi connectivity index (χ2n) is 7.87. The third kappa shape index (κ3) is 2.95. The first-order valence-electron chi connectivity index (χ1n) is 10.3. The molecule has 3 aromatic heterocycles. The van der Waals surface area contributed by atoms with E-state index in [9.17, 15) is 4.79 Å². The molecular weight excluding hydrogens is 336 g/mol. The summed E-state index contributed by atoms with van der Waals surface area (Å²) in [7, 11) is 0. The van der Waals surface area contributed by atoms with E-state index in [1.54, 1.807) is 0 Å². The van der Waals surface area contributed by atoms with Gasteiger partial charge < -0.3 is 9.30 Å². The fourth-order valence-electron chi connectivity index (χ4n) is 4.64. The molecule has 1 aliphatic heterocycles. The van der Waals surface area contributed by atoms with E-state index in [0.29, 0.717) is 6.04 Å². The van der Waals surface area contributed by atoms with Gasteiger partial charge in [0.15, 0.2) is 0 Å². The van der Waals surface area contributed by atoms with Gasteiger partial charge in [0.25, 0.3) is 5.91 Å². The number of nitrogens with zero attached hydrogens (tertiary/aromatic N) is 4. The van der Waals surface area contributed by atoms with Crippen LogP contribution < -0.4 is 0 Å². The van der Waals surface area contributed by atoms with E-state index >= 15 is 0 Å². The molecule has 5 heteroatoms. The molecular formula is C22H26N4O. The van der Waals surface area contributed by atoms with Crippen LogP contribution in [0.15, 0.2) is 42.7 Å². The zero-order chi connectivity index (χ0) is 18.2. The van der Waals surface area contributed by atoms with Crippen LogP contribution in [0.2, 0.25) is 0 Å². The van der Waals surface area contributed by atoms with Gasteiger partial charge in [-0.2, -0.15) is 5.10 Å². The van der Waals surface area contributed by atoms with Crippen molar-refractivity contribution in [3.05, 3.63) is 48.3 Å². The lowest BCUT2D eigenvalue weighted by molar-refractivity contribution is 0.0726. The molecule has 140 valence electrons. The highest BCUT2D eigenvalue weighted by molar-refractivity contribution is 6.02. The van der Waals surface area contributed by atoms with E-state index in [1.165, 1.54) is 32.1 Å². The summed E-state index contributed by atoms with van der Waals surface area (Å²) in [6, 6.07) is 10.7. The van der Waals surface area contributed by atoms with Crippen LogP contribution in [0.4, 0.5) is 0 Å². The highest BCUT2D eigenvalue weighted by Crippen LogP contribution is 2.31. The van der Waals surface area contributed by atoms with E-state index in [4.69, 9.17) is 5.10 Å². The Kier molecular flexibility index (Phi) is 4.23. The fraction of sp³-hybridized carbons (Fsp3) is 0.455. The van der Waals surface area contributed by atoms with Gasteiger partial charge in [-0.25, -0.2) is 0 Å². The van der Waals surface area contributed by atoms with Gasteiger partial charge in [0.2, 0.25) is 0 Å².